The van der Waals surface area contributed by atoms with E-state index < -0.39 is 5.97 Å². The molecular weight excluding hydrogens is 264 g/mol. The van der Waals surface area contributed by atoms with Gasteiger partial charge in [0.1, 0.15) is 5.75 Å². The van der Waals surface area contributed by atoms with Gasteiger partial charge in [-0.25, -0.2) is 0 Å². The van der Waals surface area contributed by atoms with Gasteiger partial charge in [0, 0.05) is 0 Å². The Morgan fingerprint density at radius 2 is 1.90 bits per heavy atom. The van der Waals surface area contributed by atoms with Crippen molar-refractivity contribution in [2.24, 2.45) is 0 Å². The van der Waals surface area contributed by atoms with Crippen molar-refractivity contribution in [2.45, 2.75) is 13.3 Å². The Labute approximate surface area is 124 Å². The molecule has 0 heterocycles. The highest BCUT2D eigenvalue weighted by atomic mass is 16.5. The Hall–Kier alpha value is -2.55. The quantitative estimate of drug-likeness (QED) is 0.765. The minimum atomic E-state index is -1.20. The van der Waals surface area contributed by atoms with E-state index in [1.54, 1.807) is 0 Å². The van der Waals surface area contributed by atoms with Crippen molar-refractivity contribution in [3.63, 3.8) is 0 Å². The Morgan fingerprint density at radius 3 is 2.57 bits per heavy atom. The maximum Gasteiger partial charge on any atom is 0.119 e. The number of benzene rings is 2. The molecule has 0 fully saturated rings. The lowest BCUT2D eigenvalue weighted by Crippen LogP contribution is -2.18. The molecule has 0 bridgehead atoms. The summed E-state index contributed by atoms with van der Waals surface area (Å²) in [5.41, 5.74) is 2.91. The van der Waals surface area contributed by atoms with Crippen molar-refractivity contribution in [3.8, 4) is 16.9 Å². The molecule has 3 heteroatoms. The Kier molecular flexibility index (Phi) is 5.16. The summed E-state index contributed by atoms with van der Waals surface area (Å²) in [5.74, 6) is -0.341. The zero-order chi connectivity index (χ0) is 15.1. The minimum absolute atomic E-state index is 0.711. The fraction of sp³-hybridized carbons (Fsp3) is 0.167. The van der Waals surface area contributed by atoms with Gasteiger partial charge in [-0.15, -0.1) is 0 Å². The molecule has 0 N–H and O–H groups in total. The zero-order valence-electron chi connectivity index (χ0n) is 11.9. The van der Waals surface area contributed by atoms with Gasteiger partial charge in [0.15, 0.2) is 0 Å². The first-order valence-electron chi connectivity index (χ1n) is 6.91. The van der Waals surface area contributed by atoms with Gasteiger partial charge in [0.05, 0.1) is 12.6 Å². The van der Waals surface area contributed by atoms with Crippen molar-refractivity contribution in [3.05, 3.63) is 60.2 Å². The Bertz CT molecular complexity index is 627. The smallest absolute Gasteiger partial charge is 0.119 e. The molecule has 0 unspecified atom stereocenters. The Morgan fingerprint density at radius 1 is 1.14 bits per heavy atom. The first-order chi connectivity index (χ1) is 10.2. The number of carboxylic acid groups (broad SMARTS) is 1. The fourth-order valence-electron chi connectivity index (χ4n) is 1.95. The van der Waals surface area contributed by atoms with Crippen LogP contribution in [0.4, 0.5) is 0 Å². The molecule has 0 radical (unpaired) electrons. The number of carbonyl (C=O) groups is 1. The molecule has 0 saturated heterocycles. The molecule has 3 nitrogen and oxygen atoms in total. The summed E-state index contributed by atoms with van der Waals surface area (Å²) in [6.07, 6.45) is 3.53. The molecular formula is C18H17O3-. The van der Waals surface area contributed by atoms with E-state index in [0.717, 1.165) is 34.9 Å². The highest BCUT2D eigenvalue weighted by Crippen LogP contribution is 2.23. The van der Waals surface area contributed by atoms with E-state index in [9.17, 15) is 9.90 Å². The molecule has 2 rings (SSSR count). The lowest BCUT2D eigenvalue weighted by atomic mass is 10.0. The number of carbonyl (C=O) groups excluding carboxylic acids is 1. The van der Waals surface area contributed by atoms with E-state index in [1.165, 1.54) is 6.08 Å². The molecule has 0 aliphatic heterocycles. The summed E-state index contributed by atoms with van der Waals surface area (Å²) in [6.45, 7) is 2.78. The summed E-state index contributed by atoms with van der Waals surface area (Å²) in [7, 11) is 0. The molecule has 0 atom stereocenters. The second kappa shape index (κ2) is 7.29. The van der Waals surface area contributed by atoms with Crippen LogP contribution in [0.2, 0.25) is 0 Å². The molecule has 0 aliphatic rings. The standard InChI is InChI=1S/C18H18O3/c1-2-12-21-17-9-7-15(8-10-17)16-5-3-4-14(13-16)6-11-18(19)20/h3-11,13H,2,12H2,1H3,(H,19,20)/p-1/b11-6+. The molecule has 0 amide bonds. The number of ether oxygens (including phenoxy) is 1. The molecule has 0 aromatic heterocycles. The van der Waals surface area contributed by atoms with Gasteiger partial charge < -0.3 is 14.6 Å². The summed E-state index contributed by atoms with van der Waals surface area (Å²) in [5, 5.41) is 10.4. The number of carboxylic acids is 1. The summed E-state index contributed by atoms with van der Waals surface area (Å²) in [4.78, 5) is 10.4. The lowest BCUT2D eigenvalue weighted by Gasteiger charge is -2.07. The molecule has 2 aromatic rings. The fourth-order valence-corrected chi connectivity index (χ4v) is 1.95. The third-order valence-corrected chi connectivity index (χ3v) is 2.96. The Balaban J connectivity index is 2.17. The van der Waals surface area contributed by atoms with Crippen LogP contribution in [0.5, 0.6) is 5.75 Å². The van der Waals surface area contributed by atoms with Crippen LogP contribution in [0, 0.1) is 0 Å². The predicted octanol–water partition coefficient (Wildman–Crippen LogP) is 2.91. The third kappa shape index (κ3) is 4.49. The SMILES string of the molecule is CCCOc1ccc(-c2cccc(/C=C/C(=O)[O-])c2)cc1. The molecule has 0 saturated carbocycles. The van der Waals surface area contributed by atoms with Crippen LogP contribution < -0.4 is 9.84 Å². The first kappa shape index (κ1) is 14.9. The predicted molar refractivity (Wildman–Crippen MR) is 81.7 cm³/mol. The van der Waals surface area contributed by atoms with Crippen LogP contribution in [-0.4, -0.2) is 12.6 Å². The summed E-state index contributed by atoms with van der Waals surface area (Å²) in [6, 6.07) is 15.5. The third-order valence-electron chi connectivity index (χ3n) is 2.96. The van der Waals surface area contributed by atoms with E-state index in [0.29, 0.717) is 6.61 Å². The number of hydrogen-bond acceptors (Lipinski definition) is 3. The van der Waals surface area contributed by atoms with Crippen molar-refractivity contribution >= 4 is 12.0 Å². The van der Waals surface area contributed by atoms with E-state index in [4.69, 9.17) is 4.74 Å². The molecule has 0 aliphatic carbocycles. The van der Waals surface area contributed by atoms with Gasteiger partial charge in [0.2, 0.25) is 0 Å². The topological polar surface area (TPSA) is 49.4 Å². The number of aliphatic carboxylic acids is 1. The maximum atomic E-state index is 10.4. The average Bonchev–Trinajstić information content (AvgIpc) is 2.52. The number of hydrogen-bond donors (Lipinski definition) is 0. The summed E-state index contributed by atoms with van der Waals surface area (Å²) >= 11 is 0. The van der Waals surface area contributed by atoms with E-state index in [-0.39, 0.29) is 0 Å². The van der Waals surface area contributed by atoms with Gasteiger partial charge in [-0.2, -0.15) is 0 Å². The first-order valence-corrected chi connectivity index (χ1v) is 6.91. The number of rotatable bonds is 6. The second-order valence-corrected chi connectivity index (χ2v) is 4.65. The van der Waals surface area contributed by atoms with E-state index in [1.807, 2.05) is 48.5 Å². The van der Waals surface area contributed by atoms with E-state index >= 15 is 0 Å². The second-order valence-electron chi connectivity index (χ2n) is 4.65. The van der Waals surface area contributed by atoms with Gasteiger partial charge >= 0.3 is 0 Å². The monoisotopic (exact) mass is 281 g/mol. The minimum Gasteiger partial charge on any atom is -0.545 e. The average molecular weight is 281 g/mol. The van der Waals surface area contributed by atoms with Crippen LogP contribution in [-0.2, 0) is 4.79 Å². The van der Waals surface area contributed by atoms with Crippen molar-refractivity contribution in [1.29, 1.82) is 0 Å². The largest absolute Gasteiger partial charge is 0.545 e. The molecule has 108 valence electrons. The van der Waals surface area contributed by atoms with Gasteiger partial charge in [0.25, 0.3) is 0 Å². The van der Waals surface area contributed by atoms with Crippen LogP contribution in [0.25, 0.3) is 17.2 Å². The van der Waals surface area contributed by atoms with Gasteiger partial charge in [-0.05, 0) is 47.4 Å². The molecule has 2 aromatic carbocycles. The van der Waals surface area contributed by atoms with Crippen LogP contribution in [0.1, 0.15) is 18.9 Å². The maximum absolute atomic E-state index is 10.4. The van der Waals surface area contributed by atoms with Gasteiger partial charge in [-0.3, -0.25) is 0 Å². The molecule has 21 heavy (non-hydrogen) atoms. The highest BCUT2D eigenvalue weighted by Gasteiger charge is 1.99. The van der Waals surface area contributed by atoms with Crippen LogP contribution in [0.15, 0.2) is 54.6 Å². The van der Waals surface area contributed by atoms with Crippen LogP contribution in [0.3, 0.4) is 0 Å². The van der Waals surface area contributed by atoms with Crippen molar-refractivity contribution in [2.75, 3.05) is 6.61 Å². The van der Waals surface area contributed by atoms with Crippen LogP contribution >= 0.6 is 0 Å². The molecule has 0 spiro atoms. The normalized spacial score (nSPS) is 10.7. The lowest BCUT2D eigenvalue weighted by molar-refractivity contribution is -0.297. The van der Waals surface area contributed by atoms with Crippen molar-refractivity contribution in [1.82, 2.24) is 0 Å². The van der Waals surface area contributed by atoms with E-state index in [2.05, 4.69) is 6.92 Å². The highest BCUT2D eigenvalue weighted by molar-refractivity contribution is 5.84. The zero-order valence-corrected chi connectivity index (χ0v) is 11.9. The summed E-state index contributed by atoms with van der Waals surface area (Å²) < 4.78 is 5.55. The van der Waals surface area contributed by atoms with Crippen molar-refractivity contribution < 1.29 is 14.6 Å². The van der Waals surface area contributed by atoms with Gasteiger partial charge in [-0.1, -0.05) is 43.3 Å².